The van der Waals surface area contributed by atoms with Gasteiger partial charge >= 0.3 is 0 Å². The quantitative estimate of drug-likeness (QED) is 0.468. The number of sulfone groups is 1. The molecule has 132 valence electrons. The van der Waals surface area contributed by atoms with Crippen LogP contribution in [0.4, 0.5) is 0 Å². The van der Waals surface area contributed by atoms with Crippen LogP contribution < -0.4 is 10.7 Å². The number of hydrogen-bond acceptors (Lipinski definition) is 5. The number of benzene rings is 1. The molecule has 0 bridgehead atoms. The number of nitrogens with zero attached hydrogens (tertiary/aromatic N) is 1. The van der Waals surface area contributed by atoms with E-state index in [1.165, 1.54) is 6.21 Å². The Morgan fingerprint density at radius 1 is 1.36 bits per heavy atom. The van der Waals surface area contributed by atoms with E-state index in [1.54, 1.807) is 12.1 Å². The van der Waals surface area contributed by atoms with E-state index in [-0.39, 0.29) is 22.7 Å². The first-order valence-corrected chi connectivity index (χ1v) is 10.2. The van der Waals surface area contributed by atoms with E-state index in [1.807, 2.05) is 24.3 Å². The van der Waals surface area contributed by atoms with Crippen LogP contribution in [0.25, 0.3) is 11.3 Å². The van der Waals surface area contributed by atoms with E-state index in [2.05, 4.69) is 15.8 Å². The summed E-state index contributed by atoms with van der Waals surface area (Å²) in [7, 11) is -2.94. The van der Waals surface area contributed by atoms with E-state index in [0.29, 0.717) is 23.0 Å². The van der Waals surface area contributed by atoms with Crippen LogP contribution in [0, 0.1) is 0 Å². The number of hydrogen-bond donors (Lipinski definition) is 2. The maximum atomic E-state index is 11.4. The van der Waals surface area contributed by atoms with Crippen LogP contribution in [0.15, 0.2) is 45.9 Å². The van der Waals surface area contributed by atoms with Gasteiger partial charge in [-0.2, -0.15) is 5.10 Å². The second-order valence-electron chi connectivity index (χ2n) is 5.66. The Labute approximate surface area is 156 Å². The maximum absolute atomic E-state index is 11.4. The molecule has 0 aliphatic carbocycles. The molecule has 1 aromatic heterocycles. The van der Waals surface area contributed by atoms with Crippen LogP contribution in [-0.4, -0.2) is 37.3 Å². The lowest BCUT2D eigenvalue weighted by Gasteiger charge is -2.11. The molecule has 6 nitrogen and oxygen atoms in total. The predicted octanol–water partition coefficient (Wildman–Crippen LogP) is 2.59. The molecule has 9 heteroatoms. The largest absolute Gasteiger partial charge is 0.455 e. The Kier molecular flexibility index (Phi) is 5.41. The summed E-state index contributed by atoms with van der Waals surface area (Å²) in [6.45, 7) is 0. The molecule has 2 heterocycles. The van der Waals surface area contributed by atoms with Crippen LogP contribution in [0.2, 0.25) is 5.02 Å². The summed E-state index contributed by atoms with van der Waals surface area (Å²) in [5, 5.41) is 7.85. The minimum absolute atomic E-state index is 0.0969. The molecule has 0 unspecified atom stereocenters. The predicted molar refractivity (Wildman–Crippen MR) is 103 cm³/mol. The molecular weight excluding hydrogens is 382 g/mol. The summed E-state index contributed by atoms with van der Waals surface area (Å²) in [6, 6.07) is 10.8. The highest BCUT2D eigenvalue weighted by Gasteiger charge is 2.28. The van der Waals surface area contributed by atoms with Crippen molar-refractivity contribution >= 4 is 45.0 Å². The highest BCUT2D eigenvalue weighted by Crippen LogP contribution is 2.24. The van der Waals surface area contributed by atoms with Gasteiger partial charge in [0.05, 0.1) is 17.7 Å². The molecule has 1 aromatic carbocycles. The second-order valence-corrected chi connectivity index (χ2v) is 8.73. The highest BCUT2D eigenvalue weighted by atomic mass is 35.5. The number of thiocarbonyl (C=S) groups is 1. The zero-order valence-corrected chi connectivity index (χ0v) is 15.5. The summed E-state index contributed by atoms with van der Waals surface area (Å²) in [5.41, 5.74) is 3.53. The van der Waals surface area contributed by atoms with Crippen LogP contribution in [0.3, 0.4) is 0 Å². The summed E-state index contributed by atoms with van der Waals surface area (Å²) in [4.78, 5) is 0. The summed E-state index contributed by atoms with van der Waals surface area (Å²) < 4.78 is 28.5. The van der Waals surface area contributed by atoms with E-state index in [0.717, 1.165) is 5.56 Å². The van der Waals surface area contributed by atoms with Gasteiger partial charge in [0, 0.05) is 16.6 Å². The molecule has 1 saturated heterocycles. The fraction of sp³-hybridized carbons (Fsp3) is 0.250. The van der Waals surface area contributed by atoms with Crippen LogP contribution in [0.1, 0.15) is 12.2 Å². The standard InChI is InChI=1S/C16H16ClN3O3S2/c17-12-3-1-2-11(8-12)15-5-4-14(23-15)9-18-20-16(24)19-13-6-7-25(21,22)10-13/h1-5,8-9,13H,6-7,10H2,(H2,19,20,24)/b18-9-/t13-/m0/s1. The summed E-state index contributed by atoms with van der Waals surface area (Å²) in [6.07, 6.45) is 2.04. The fourth-order valence-electron chi connectivity index (χ4n) is 2.50. The van der Waals surface area contributed by atoms with Crippen LogP contribution in [0.5, 0.6) is 0 Å². The van der Waals surface area contributed by atoms with Crippen molar-refractivity contribution < 1.29 is 12.8 Å². The zero-order chi connectivity index (χ0) is 17.9. The van der Waals surface area contributed by atoms with Crippen LogP contribution >= 0.6 is 23.8 Å². The molecule has 2 aromatic rings. The summed E-state index contributed by atoms with van der Waals surface area (Å²) in [5.74, 6) is 1.52. The molecule has 0 spiro atoms. The minimum Gasteiger partial charge on any atom is -0.455 e. The average Bonchev–Trinajstić information content (AvgIpc) is 3.14. The van der Waals surface area contributed by atoms with Gasteiger partial charge in [0.2, 0.25) is 0 Å². The topological polar surface area (TPSA) is 83.7 Å². The molecule has 1 aliphatic heterocycles. The average molecular weight is 398 g/mol. The van der Waals surface area contributed by atoms with Crippen molar-refractivity contribution in [1.82, 2.24) is 10.7 Å². The maximum Gasteiger partial charge on any atom is 0.187 e. The third kappa shape index (κ3) is 5.04. The lowest BCUT2D eigenvalue weighted by atomic mass is 10.2. The van der Waals surface area contributed by atoms with Gasteiger partial charge in [-0.1, -0.05) is 23.7 Å². The smallest absolute Gasteiger partial charge is 0.187 e. The molecule has 1 fully saturated rings. The first-order chi connectivity index (χ1) is 11.9. The Morgan fingerprint density at radius 3 is 2.92 bits per heavy atom. The Bertz CT molecular complexity index is 909. The van der Waals surface area contributed by atoms with Crippen molar-refractivity contribution in [2.24, 2.45) is 5.10 Å². The Balaban J connectivity index is 1.53. The van der Waals surface area contributed by atoms with Crippen molar-refractivity contribution in [2.45, 2.75) is 12.5 Å². The number of rotatable bonds is 4. The van der Waals surface area contributed by atoms with E-state index < -0.39 is 9.84 Å². The molecule has 25 heavy (non-hydrogen) atoms. The fourth-order valence-corrected chi connectivity index (χ4v) is 4.58. The molecule has 1 atom stereocenters. The second kappa shape index (κ2) is 7.55. The minimum atomic E-state index is -2.94. The van der Waals surface area contributed by atoms with E-state index >= 15 is 0 Å². The van der Waals surface area contributed by atoms with Gasteiger partial charge in [-0.05, 0) is 42.9 Å². The number of halogens is 1. The number of hydrazone groups is 1. The van der Waals surface area contributed by atoms with Crippen LogP contribution in [-0.2, 0) is 9.84 Å². The van der Waals surface area contributed by atoms with E-state index in [9.17, 15) is 8.42 Å². The first-order valence-electron chi connectivity index (χ1n) is 7.57. The van der Waals surface area contributed by atoms with Crippen molar-refractivity contribution in [1.29, 1.82) is 0 Å². The number of nitrogens with one attached hydrogen (secondary N) is 2. The molecule has 0 saturated carbocycles. The van der Waals surface area contributed by atoms with Crippen molar-refractivity contribution in [2.75, 3.05) is 11.5 Å². The lowest BCUT2D eigenvalue weighted by molar-refractivity contribution is 0.574. The zero-order valence-electron chi connectivity index (χ0n) is 13.1. The molecule has 2 N–H and O–H groups in total. The molecule has 1 aliphatic rings. The third-order valence-electron chi connectivity index (χ3n) is 3.66. The van der Waals surface area contributed by atoms with Gasteiger partial charge in [-0.3, -0.25) is 5.43 Å². The third-order valence-corrected chi connectivity index (χ3v) is 5.87. The van der Waals surface area contributed by atoms with Crippen molar-refractivity contribution in [3.8, 4) is 11.3 Å². The van der Waals surface area contributed by atoms with E-state index in [4.69, 9.17) is 28.2 Å². The molecule has 0 radical (unpaired) electrons. The Hall–Kier alpha value is -1.90. The van der Waals surface area contributed by atoms with Crippen molar-refractivity contribution in [3.63, 3.8) is 0 Å². The van der Waals surface area contributed by atoms with Gasteiger partial charge in [0.1, 0.15) is 11.5 Å². The first kappa shape index (κ1) is 17.9. The normalized spacial score (nSPS) is 19.2. The van der Waals surface area contributed by atoms with Gasteiger partial charge in [0.15, 0.2) is 14.9 Å². The van der Waals surface area contributed by atoms with Gasteiger partial charge in [-0.25, -0.2) is 8.42 Å². The Morgan fingerprint density at radius 2 is 2.20 bits per heavy atom. The molecular formula is C16H16ClN3O3S2. The van der Waals surface area contributed by atoms with Gasteiger partial charge in [0.25, 0.3) is 0 Å². The number of furan rings is 1. The monoisotopic (exact) mass is 397 g/mol. The lowest BCUT2D eigenvalue weighted by Crippen LogP contribution is -2.40. The SMILES string of the molecule is O=S1(=O)CC[C@H](NC(=S)N/N=C\c2ccc(-c3cccc(Cl)c3)o2)C1. The molecule has 3 rings (SSSR count). The van der Waals surface area contributed by atoms with Crippen molar-refractivity contribution in [3.05, 3.63) is 47.2 Å². The van der Waals surface area contributed by atoms with Gasteiger partial charge < -0.3 is 9.73 Å². The van der Waals surface area contributed by atoms with Gasteiger partial charge in [-0.15, -0.1) is 0 Å². The highest BCUT2D eigenvalue weighted by molar-refractivity contribution is 7.91. The molecule has 0 amide bonds. The summed E-state index contributed by atoms with van der Waals surface area (Å²) >= 11 is 11.1.